The SMILES string of the molecule is COCCC(C)C(CO)c1ccccc1F. The lowest BCUT2D eigenvalue weighted by Crippen LogP contribution is -2.17. The van der Waals surface area contributed by atoms with Gasteiger partial charge in [-0.2, -0.15) is 0 Å². The maximum Gasteiger partial charge on any atom is 0.126 e. The summed E-state index contributed by atoms with van der Waals surface area (Å²) in [5.41, 5.74) is 0.591. The second kappa shape index (κ2) is 6.61. The molecule has 0 saturated heterocycles. The minimum atomic E-state index is -0.245. The molecule has 0 spiro atoms. The Morgan fingerprint density at radius 1 is 1.38 bits per heavy atom. The number of rotatable bonds is 6. The van der Waals surface area contributed by atoms with Gasteiger partial charge in [-0.15, -0.1) is 0 Å². The summed E-state index contributed by atoms with van der Waals surface area (Å²) in [6, 6.07) is 6.62. The Hall–Kier alpha value is -0.930. The van der Waals surface area contributed by atoms with Crippen LogP contribution in [-0.2, 0) is 4.74 Å². The number of ether oxygens (including phenoxy) is 1. The quantitative estimate of drug-likeness (QED) is 0.807. The molecule has 0 radical (unpaired) electrons. The summed E-state index contributed by atoms with van der Waals surface area (Å²) in [6.07, 6.45) is 0.816. The van der Waals surface area contributed by atoms with E-state index in [0.717, 1.165) is 6.42 Å². The van der Waals surface area contributed by atoms with Crippen LogP contribution in [0, 0.1) is 11.7 Å². The number of aliphatic hydroxyl groups excluding tert-OH is 1. The van der Waals surface area contributed by atoms with Crippen molar-refractivity contribution in [2.75, 3.05) is 20.3 Å². The smallest absolute Gasteiger partial charge is 0.126 e. The van der Waals surface area contributed by atoms with Crippen molar-refractivity contribution in [1.82, 2.24) is 0 Å². The van der Waals surface area contributed by atoms with Gasteiger partial charge in [0.1, 0.15) is 5.82 Å². The van der Waals surface area contributed by atoms with Gasteiger partial charge < -0.3 is 9.84 Å². The average Bonchev–Trinajstić information content (AvgIpc) is 2.30. The topological polar surface area (TPSA) is 29.5 Å². The third-order valence-electron chi connectivity index (χ3n) is 2.97. The Morgan fingerprint density at radius 2 is 2.06 bits per heavy atom. The Balaban J connectivity index is 2.77. The molecule has 1 aromatic rings. The van der Waals surface area contributed by atoms with Gasteiger partial charge in [0.15, 0.2) is 0 Å². The van der Waals surface area contributed by atoms with E-state index in [1.165, 1.54) is 6.07 Å². The zero-order valence-corrected chi connectivity index (χ0v) is 9.82. The number of hydrogen-bond acceptors (Lipinski definition) is 2. The Morgan fingerprint density at radius 3 is 2.62 bits per heavy atom. The van der Waals surface area contributed by atoms with Crippen LogP contribution in [0.3, 0.4) is 0 Å². The van der Waals surface area contributed by atoms with Crippen LogP contribution in [0.2, 0.25) is 0 Å². The van der Waals surface area contributed by atoms with Gasteiger partial charge in [-0.1, -0.05) is 25.1 Å². The third kappa shape index (κ3) is 3.29. The summed E-state index contributed by atoms with van der Waals surface area (Å²) in [7, 11) is 1.64. The van der Waals surface area contributed by atoms with E-state index in [1.807, 2.05) is 6.92 Å². The van der Waals surface area contributed by atoms with Crippen molar-refractivity contribution in [2.24, 2.45) is 5.92 Å². The van der Waals surface area contributed by atoms with E-state index in [-0.39, 0.29) is 24.3 Å². The highest BCUT2D eigenvalue weighted by Crippen LogP contribution is 2.28. The van der Waals surface area contributed by atoms with Crippen molar-refractivity contribution < 1.29 is 14.2 Å². The fraction of sp³-hybridized carbons (Fsp3) is 0.538. The van der Waals surface area contributed by atoms with Gasteiger partial charge in [-0.25, -0.2) is 4.39 Å². The lowest BCUT2D eigenvalue weighted by molar-refractivity contribution is 0.158. The standard InChI is InChI=1S/C13H19FO2/c1-10(7-8-16-2)12(9-15)11-5-3-4-6-13(11)14/h3-6,10,12,15H,7-9H2,1-2H3. The lowest BCUT2D eigenvalue weighted by Gasteiger charge is -2.22. The van der Waals surface area contributed by atoms with Crippen molar-refractivity contribution >= 4 is 0 Å². The molecule has 0 fully saturated rings. The van der Waals surface area contributed by atoms with Crippen molar-refractivity contribution in [3.63, 3.8) is 0 Å². The summed E-state index contributed by atoms with van der Waals surface area (Å²) in [5.74, 6) is -0.205. The van der Waals surface area contributed by atoms with E-state index in [2.05, 4.69) is 0 Å². The van der Waals surface area contributed by atoms with Gasteiger partial charge in [-0.3, -0.25) is 0 Å². The molecule has 3 heteroatoms. The first-order valence-electron chi connectivity index (χ1n) is 5.55. The Labute approximate surface area is 96.1 Å². The predicted molar refractivity (Wildman–Crippen MR) is 61.9 cm³/mol. The predicted octanol–water partition coefficient (Wildman–Crippen LogP) is 2.57. The summed E-state index contributed by atoms with van der Waals surface area (Å²) < 4.78 is 18.6. The molecule has 90 valence electrons. The number of aliphatic hydroxyl groups is 1. The zero-order chi connectivity index (χ0) is 12.0. The molecule has 16 heavy (non-hydrogen) atoms. The monoisotopic (exact) mass is 226 g/mol. The van der Waals surface area contributed by atoms with Crippen LogP contribution in [0.4, 0.5) is 4.39 Å². The van der Waals surface area contributed by atoms with Crippen LogP contribution in [0.15, 0.2) is 24.3 Å². The minimum Gasteiger partial charge on any atom is -0.396 e. The molecule has 0 aromatic heterocycles. The summed E-state index contributed by atoms with van der Waals surface area (Å²) in [4.78, 5) is 0. The molecule has 1 N–H and O–H groups in total. The molecule has 0 heterocycles. The van der Waals surface area contributed by atoms with Crippen molar-refractivity contribution in [2.45, 2.75) is 19.3 Å². The van der Waals surface area contributed by atoms with Gasteiger partial charge in [0.2, 0.25) is 0 Å². The largest absolute Gasteiger partial charge is 0.396 e. The van der Waals surface area contributed by atoms with Gasteiger partial charge in [-0.05, 0) is 24.0 Å². The summed E-state index contributed by atoms with van der Waals surface area (Å²) >= 11 is 0. The normalized spacial score (nSPS) is 14.8. The first-order chi connectivity index (χ1) is 7.70. The molecule has 0 amide bonds. The Kier molecular flexibility index (Phi) is 5.43. The van der Waals surface area contributed by atoms with Crippen molar-refractivity contribution in [1.29, 1.82) is 0 Å². The van der Waals surface area contributed by atoms with Crippen molar-refractivity contribution in [3.05, 3.63) is 35.6 Å². The van der Waals surface area contributed by atoms with E-state index < -0.39 is 0 Å². The van der Waals surface area contributed by atoms with E-state index >= 15 is 0 Å². The zero-order valence-electron chi connectivity index (χ0n) is 9.82. The lowest BCUT2D eigenvalue weighted by atomic mass is 9.86. The van der Waals surface area contributed by atoms with E-state index in [0.29, 0.717) is 12.2 Å². The maximum absolute atomic E-state index is 13.6. The second-order valence-electron chi connectivity index (χ2n) is 4.07. The van der Waals surface area contributed by atoms with Crippen LogP contribution < -0.4 is 0 Å². The number of methoxy groups -OCH3 is 1. The fourth-order valence-electron chi connectivity index (χ4n) is 1.87. The molecular formula is C13H19FO2. The molecule has 1 aromatic carbocycles. The summed E-state index contributed by atoms with van der Waals surface area (Å²) in [5, 5.41) is 9.37. The minimum absolute atomic E-state index is 0.0359. The van der Waals surface area contributed by atoms with Gasteiger partial charge in [0.25, 0.3) is 0 Å². The first-order valence-corrected chi connectivity index (χ1v) is 5.55. The van der Waals surface area contributed by atoms with Gasteiger partial charge in [0.05, 0.1) is 6.61 Å². The van der Waals surface area contributed by atoms with Crippen LogP contribution in [0.1, 0.15) is 24.8 Å². The highest BCUT2D eigenvalue weighted by molar-refractivity contribution is 5.22. The van der Waals surface area contributed by atoms with Crippen LogP contribution in [0.5, 0.6) is 0 Å². The van der Waals surface area contributed by atoms with Gasteiger partial charge in [0, 0.05) is 19.6 Å². The van der Waals surface area contributed by atoms with Crippen LogP contribution in [0.25, 0.3) is 0 Å². The van der Waals surface area contributed by atoms with Crippen LogP contribution >= 0.6 is 0 Å². The molecule has 0 aliphatic carbocycles. The molecule has 2 nitrogen and oxygen atoms in total. The summed E-state index contributed by atoms with van der Waals surface area (Å²) in [6.45, 7) is 2.60. The molecule has 2 atom stereocenters. The Bertz CT molecular complexity index is 315. The molecule has 2 unspecified atom stereocenters. The first kappa shape index (κ1) is 13.1. The highest BCUT2D eigenvalue weighted by Gasteiger charge is 2.20. The fourth-order valence-corrected chi connectivity index (χ4v) is 1.87. The molecular weight excluding hydrogens is 207 g/mol. The molecule has 0 saturated carbocycles. The third-order valence-corrected chi connectivity index (χ3v) is 2.97. The second-order valence-corrected chi connectivity index (χ2v) is 4.07. The molecule has 0 aliphatic heterocycles. The van der Waals surface area contributed by atoms with Crippen molar-refractivity contribution in [3.8, 4) is 0 Å². The highest BCUT2D eigenvalue weighted by atomic mass is 19.1. The van der Waals surface area contributed by atoms with E-state index in [4.69, 9.17) is 4.74 Å². The van der Waals surface area contributed by atoms with E-state index in [1.54, 1.807) is 25.3 Å². The number of hydrogen-bond donors (Lipinski definition) is 1. The number of halogens is 1. The van der Waals surface area contributed by atoms with Gasteiger partial charge >= 0.3 is 0 Å². The number of benzene rings is 1. The molecule has 1 rings (SSSR count). The molecule has 0 aliphatic rings. The molecule has 0 bridgehead atoms. The maximum atomic E-state index is 13.6. The van der Waals surface area contributed by atoms with Crippen LogP contribution in [-0.4, -0.2) is 25.4 Å². The average molecular weight is 226 g/mol. The van der Waals surface area contributed by atoms with E-state index in [9.17, 15) is 9.50 Å².